The molecule has 4 heteroatoms. The molecule has 0 fully saturated rings. The van der Waals surface area contributed by atoms with Gasteiger partial charge in [0, 0.05) is 18.2 Å². The Labute approximate surface area is 78.9 Å². The van der Waals surface area contributed by atoms with E-state index in [1.54, 1.807) is 18.2 Å². The highest BCUT2D eigenvalue weighted by Crippen LogP contribution is 2.21. The van der Waals surface area contributed by atoms with Crippen LogP contribution in [0.5, 0.6) is 0 Å². The van der Waals surface area contributed by atoms with Crippen LogP contribution in [0.15, 0.2) is 22.7 Å². The summed E-state index contributed by atoms with van der Waals surface area (Å²) in [6.07, 6.45) is 0. The molecule has 0 heterocycles. The Morgan fingerprint density at radius 1 is 1.50 bits per heavy atom. The second-order valence-corrected chi connectivity index (χ2v) is 3.34. The molecular formula is C8H10BrFN2. The second-order valence-electron chi connectivity index (χ2n) is 2.49. The largest absolute Gasteiger partial charge is 0.329 e. The predicted octanol–water partition coefficient (Wildman–Crippen LogP) is 1.55. The molecule has 0 unspecified atom stereocenters. The van der Waals surface area contributed by atoms with Gasteiger partial charge in [-0.2, -0.15) is 0 Å². The summed E-state index contributed by atoms with van der Waals surface area (Å²) in [6, 6.07) is 4.57. The summed E-state index contributed by atoms with van der Waals surface area (Å²) in [5.74, 6) is -0.324. The molecule has 0 radical (unpaired) electrons. The van der Waals surface area contributed by atoms with E-state index >= 15 is 0 Å². The SMILES string of the molecule is NC[C@H](N)c1cccc(Br)c1F. The van der Waals surface area contributed by atoms with Crippen LogP contribution < -0.4 is 11.5 Å². The summed E-state index contributed by atoms with van der Waals surface area (Å²) in [7, 11) is 0. The lowest BCUT2D eigenvalue weighted by atomic mass is 10.1. The summed E-state index contributed by atoms with van der Waals surface area (Å²) in [6.45, 7) is 0.243. The maximum absolute atomic E-state index is 13.3. The van der Waals surface area contributed by atoms with Crippen LogP contribution in [0.4, 0.5) is 4.39 Å². The molecule has 1 atom stereocenters. The highest BCUT2D eigenvalue weighted by atomic mass is 79.9. The number of halogens is 2. The highest BCUT2D eigenvalue weighted by molar-refractivity contribution is 9.10. The van der Waals surface area contributed by atoms with Crippen molar-refractivity contribution in [3.05, 3.63) is 34.1 Å². The minimum absolute atomic E-state index is 0.243. The summed E-state index contributed by atoms with van der Waals surface area (Å²) >= 11 is 3.07. The number of rotatable bonds is 2. The maximum Gasteiger partial charge on any atom is 0.142 e. The van der Waals surface area contributed by atoms with E-state index in [4.69, 9.17) is 11.5 Å². The quantitative estimate of drug-likeness (QED) is 0.814. The van der Waals surface area contributed by atoms with E-state index in [1.165, 1.54) is 0 Å². The van der Waals surface area contributed by atoms with Crippen molar-refractivity contribution in [1.82, 2.24) is 0 Å². The first-order chi connectivity index (χ1) is 5.66. The van der Waals surface area contributed by atoms with Gasteiger partial charge in [-0.25, -0.2) is 4.39 Å². The van der Waals surface area contributed by atoms with E-state index in [0.29, 0.717) is 10.0 Å². The Hall–Kier alpha value is -0.450. The van der Waals surface area contributed by atoms with Crippen LogP contribution in [0.25, 0.3) is 0 Å². The number of benzene rings is 1. The molecule has 12 heavy (non-hydrogen) atoms. The molecule has 0 aromatic heterocycles. The maximum atomic E-state index is 13.3. The van der Waals surface area contributed by atoms with Crippen molar-refractivity contribution in [2.75, 3.05) is 6.54 Å². The number of hydrogen-bond donors (Lipinski definition) is 2. The molecule has 0 saturated heterocycles. The molecule has 4 N–H and O–H groups in total. The van der Waals surface area contributed by atoms with Gasteiger partial charge in [-0.15, -0.1) is 0 Å². The first-order valence-electron chi connectivity index (χ1n) is 3.56. The second kappa shape index (κ2) is 3.98. The predicted molar refractivity (Wildman–Crippen MR) is 50.1 cm³/mol. The topological polar surface area (TPSA) is 52.0 Å². The normalized spacial score (nSPS) is 13.0. The van der Waals surface area contributed by atoms with Gasteiger partial charge in [-0.05, 0) is 22.0 Å². The van der Waals surface area contributed by atoms with Gasteiger partial charge in [0.1, 0.15) is 5.82 Å². The Kier molecular flexibility index (Phi) is 3.20. The van der Waals surface area contributed by atoms with Crippen LogP contribution >= 0.6 is 15.9 Å². The molecule has 1 aromatic rings. The number of hydrogen-bond acceptors (Lipinski definition) is 2. The van der Waals surface area contributed by atoms with Crippen molar-refractivity contribution >= 4 is 15.9 Å². The Balaban J connectivity index is 3.07. The summed E-state index contributed by atoms with van der Waals surface area (Å²) in [5.41, 5.74) is 11.3. The third-order valence-corrected chi connectivity index (χ3v) is 2.25. The first-order valence-corrected chi connectivity index (χ1v) is 4.35. The van der Waals surface area contributed by atoms with Crippen molar-refractivity contribution in [3.63, 3.8) is 0 Å². The fraction of sp³-hybridized carbons (Fsp3) is 0.250. The number of nitrogens with two attached hydrogens (primary N) is 2. The van der Waals surface area contributed by atoms with Crippen LogP contribution in [-0.4, -0.2) is 6.54 Å². The molecular weight excluding hydrogens is 223 g/mol. The van der Waals surface area contributed by atoms with Crippen LogP contribution in [-0.2, 0) is 0 Å². The monoisotopic (exact) mass is 232 g/mol. The fourth-order valence-electron chi connectivity index (χ4n) is 0.934. The molecule has 0 aliphatic heterocycles. The molecule has 0 aliphatic carbocycles. The van der Waals surface area contributed by atoms with E-state index in [-0.39, 0.29) is 12.4 Å². The third-order valence-electron chi connectivity index (χ3n) is 1.63. The Morgan fingerprint density at radius 2 is 2.17 bits per heavy atom. The van der Waals surface area contributed by atoms with Crippen molar-refractivity contribution in [2.45, 2.75) is 6.04 Å². The zero-order valence-corrected chi connectivity index (χ0v) is 8.01. The van der Waals surface area contributed by atoms with Gasteiger partial charge in [0.05, 0.1) is 4.47 Å². The lowest BCUT2D eigenvalue weighted by Gasteiger charge is -2.10. The van der Waals surface area contributed by atoms with Crippen molar-refractivity contribution in [1.29, 1.82) is 0 Å². The minimum Gasteiger partial charge on any atom is -0.329 e. The van der Waals surface area contributed by atoms with Crippen LogP contribution in [0.3, 0.4) is 0 Å². The Morgan fingerprint density at radius 3 is 2.75 bits per heavy atom. The smallest absolute Gasteiger partial charge is 0.142 e. The third kappa shape index (κ3) is 1.83. The van der Waals surface area contributed by atoms with Gasteiger partial charge in [-0.3, -0.25) is 0 Å². The van der Waals surface area contributed by atoms with Gasteiger partial charge in [0.15, 0.2) is 0 Å². The highest BCUT2D eigenvalue weighted by Gasteiger charge is 2.11. The lowest BCUT2D eigenvalue weighted by molar-refractivity contribution is 0.578. The van der Waals surface area contributed by atoms with Crippen LogP contribution in [0, 0.1) is 5.82 Å². The standard InChI is InChI=1S/C8H10BrFN2/c9-6-3-1-2-5(8(6)10)7(12)4-11/h1-3,7H,4,11-12H2/t7-/m0/s1. The molecule has 0 spiro atoms. The molecule has 0 bridgehead atoms. The fourth-order valence-corrected chi connectivity index (χ4v) is 1.32. The van der Waals surface area contributed by atoms with E-state index in [0.717, 1.165) is 0 Å². The van der Waals surface area contributed by atoms with Gasteiger partial charge >= 0.3 is 0 Å². The average Bonchev–Trinajstić information content (AvgIpc) is 2.08. The summed E-state index contributed by atoms with van der Waals surface area (Å²) in [5, 5.41) is 0. The summed E-state index contributed by atoms with van der Waals surface area (Å²) in [4.78, 5) is 0. The van der Waals surface area contributed by atoms with Gasteiger partial charge in [0.2, 0.25) is 0 Å². The average molecular weight is 233 g/mol. The van der Waals surface area contributed by atoms with E-state index in [1.807, 2.05) is 0 Å². The zero-order valence-electron chi connectivity index (χ0n) is 6.43. The molecule has 0 saturated carbocycles. The van der Waals surface area contributed by atoms with Gasteiger partial charge in [-0.1, -0.05) is 12.1 Å². The van der Waals surface area contributed by atoms with Crippen molar-refractivity contribution in [3.8, 4) is 0 Å². The molecule has 0 amide bonds. The van der Waals surface area contributed by atoms with E-state index in [9.17, 15) is 4.39 Å². The summed E-state index contributed by atoms with van der Waals surface area (Å²) < 4.78 is 13.7. The first kappa shape index (κ1) is 9.64. The van der Waals surface area contributed by atoms with E-state index < -0.39 is 6.04 Å². The van der Waals surface area contributed by atoms with Crippen molar-refractivity contribution < 1.29 is 4.39 Å². The molecule has 0 aliphatic rings. The molecule has 66 valence electrons. The van der Waals surface area contributed by atoms with Crippen LogP contribution in [0.1, 0.15) is 11.6 Å². The van der Waals surface area contributed by atoms with Crippen LogP contribution in [0.2, 0.25) is 0 Å². The lowest BCUT2D eigenvalue weighted by Crippen LogP contribution is -2.21. The van der Waals surface area contributed by atoms with Gasteiger partial charge < -0.3 is 11.5 Å². The molecule has 1 rings (SSSR count). The zero-order chi connectivity index (χ0) is 9.14. The van der Waals surface area contributed by atoms with Gasteiger partial charge in [0.25, 0.3) is 0 Å². The van der Waals surface area contributed by atoms with Crippen molar-refractivity contribution in [2.24, 2.45) is 11.5 Å². The van der Waals surface area contributed by atoms with E-state index in [2.05, 4.69) is 15.9 Å². The Bertz CT molecular complexity index is 278. The molecule has 2 nitrogen and oxygen atoms in total. The minimum atomic E-state index is -0.428. The molecule has 1 aromatic carbocycles.